The number of benzene rings is 1. The Morgan fingerprint density at radius 3 is 2.23 bits per heavy atom. The average Bonchev–Trinajstić information content (AvgIpc) is 2.78. The van der Waals surface area contributed by atoms with Crippen molar-refractivity contribution >= 4 is 0 Å². The number of hydrogen-bond donors (Lipinski definition) is 0. The van der Waals surface area contributed by atoms with Crippen LogP contribution in [0.15, 0.2) is 24.0 Å². The van der Waals surface area contributed by atoms with Crippen LogP contribution in [0.2, 0.25) is 0 Å². The van der Waals surface area contributed by atoms with Gasteiger partial charge in [-0.3, -0.25) is 0 Å². The molecular weight excluding hydrogens is 386 g/mol. The van der Waals surface area contributed by atoms with Crippen molar-refractivity contribution in [3.8, 4) is 11.5 Å². The van der Waals surface area contributed by atoms with E-state index in [2.05, 4.69) is 13.0 Å². The first-order valence-corrected chi connectivity index (χ1v) is 11.7. The fourth-order valence-electron chi connectivity index (χ4n) is 4.73. The summed E-state index contributed by atoms with van der Waals surface area (Å²) in [6, 6.07) is 2.79. The molecule has 1 aromatic carbocycles. The molecule has 1 fully saturated rings. The molecule has 3 nitrogen and oxygen atoms in total. The van der Waals surface area contributed by atoms with E-state index in [1.165, 1.54) is 63.5 Å². The van der Waals surface area contributed by atoms with Crippen molar-refractivity contribution in [1.82, 2.24) is 0 Å². The van der Waals surface area contributed by atoms with Crippen molar-refractivity contribution < 1.29 is 23.0 Å². The van der Waals surface area contributed by atoms with E-state index >= 15 is 0 Å². The van der Waals surface area contributed by atoms with Crippen molar-refractivity contribution in [2.45, 2.75) is 71.6 Å². The standard InChI is InChI=1S/C25H36F2O3/c1-3-5-6-7-18-8-10-19(11-9-18)20-12-13-21(29-16-20)17-30-23-15-14-22(28-4-2)24(26)25(23)27/h13-15,18-20H,3-12,16-17H2,1-2H3. The van der Waals surface area contributed by atoms with Gasteiger partial charge in [0.15, 0.2) is 11.5 Å². The molecule has 30 heavy (non-hydrogen) atoms. The van der Waals surface area contributed by atoms with Gasteiger partial charge >= 0.3 is 0 Å². The van der Waals surface area contributed by atoms with Crippen LogP contribution in [-0.2, 0) is 4.74 Å². The lowest BCUT2D eigenvalue weighted by Crippen LogP contribution is -2.27. The lowest BCUT2D eigenvalue weighted by Gasteiger charge is -2.35. The summed E-state index contributed by atoms with van der Waals surface area (Å²) in [5, 5.41) is 0. The summed E-state index contributed by atoms with van der Waals surface area (Å²) in [7, 11) is 0. The Labute approximate surface area is 179 Å². The highest BCUT2D eigenvalue weighted by atomic mass is 19.2. The van der Waals surface area contributed by atoms with Gasteiger partial charge in [0.05, 0.1) is 13.2 Å². The number of allylic oxidation sites excluding steroid dienone is 1. The Morgan fingerprint density at radius 1 is 0.933 bits per heavy atom. The fraction of sp³-hybridized carbons (Fsp3) is 0.680. The molecule has 1 heterocycles. The Morgan fingerprint density at radius 2 is 1.63 bits per heavy atom. The molecule has 1 aromatic rings. The topological polar surface area (TPSA) is 27.7 Å². The van der Waals surface area contributed by atoms with Crippen LogP contribution in [-0.4, -0.2) is 19.8 Å². The molecule has 2 aliphatic rings. The van der Waals surface area contributed by atoms with Crippen LogP contribution in [0.5, 0.6) is 11.5 Å². The molecule has 1 aliphatic heterocycles. The van der Waals surface area contributed by atoms with E-state index in [0.29, 0.717) is 18.3 Å². The monoisotopic (exact) mass is 422 g/mol. The molecule has 0 radical (unpaired) electrons. The molecule has 0 amide bonds. The largest absolute Gasteiger partial charge is 0.494 e. The highest BCUT2D eigenvalue weighted by Gasteiger charge is 2.29. The number of halogens is 2. The summed E-state index contributed by atoms with van der Waals surface area (Å²) < 4.78 is 44.5. The SMILES string of the molecule is CCCCCC1CCC(C2CC=C(COc3ccc(OCC)c(F)c3F)OC2)CC1. The van der Waals surface area contributed by atoms with Gasteiger partial charge in [0, 0.05) is 0 Å². The average molecular weight is 423 g/mol. The van der Waals surface area contributed by atoms with Gasteiger partial charge in [-0.05, 0) is 62.1 Å². The Balaban J connectivity index is 1.43. The molecule has 1 atom stereocenters. The molecule has 1 aliphatic carbocycles. The third-order valence-corrected chi connectivity index (χ3v) is 6.59. The van der Waals surface area contributed by atoms with Crippen LogP contribution in [0.1, 0.15) is 71.6 Å². The number of hydrogen-bond acceptors (Lipinski definition) is 3. The van der Waals surface area contributed by atoms with Crippen LogP contribution < -0.4 is 9.47 Å². The summed E-state index contributed by atoms with van der Waals surface area (Å²) in [6.07, 6.45) is 13.8. The van der Waals surface area contributed by atoms with Crippen LogP contribution >= 0.6 is 0 Å². The molecule has 0 bridgehead atoms. The molecule has 0 N–H and O–H groups in total. The lowest BCUT2D eigenvalue weighted by atomic mass is 9.73. The predicted molar refractivity (Wildman–Crippen MR) is 115 cm³/mol. The summed E-state index contributed by atoms with van der Waals surface area (Å²) in [4.78, 5) is 0. The van der Waals surface area contributed by atoms with Crippen molar-refractivity contribution in [2.24, 2.45) is 17.8 Å². The summed E-state index contributed by atoms with van der Waals surface area (Å²) in [6.45, 7) is 5.07. The van der Waals surface area contributed by atoms with Gasteiger partial charge < -0.3 is 14.2 Å². The molecule has 0 spiro atoms. The van der Waals surface area contributed by atoms with Crippen molar-refractivity contribution in [2.75, 3.05) is 19.8 Å². The summed E-state index contributed by atoms with van der Waals surface area (Å²) >= 11 is 0. The smallest absolute Gasteiger partial charge is 0.204 e. The Kier molecular flexibility index (Phi) is 8.83. The Bertz CT molecular complexity index is 696. The lowest BCUT2D eigenvalue weighted by molar-refractivity contribution is 0.0727. The minimum absolute atomic E-state index is 0.0987. The van der Waals surface area contributed by atoms with E-state index in [-0.39, 0.29) is 24.7 Å². The zero-order chi connectivity index (χ0) is 21.3. The van der Waals surface area contributed by atoms with E-state index in [1.807, 2.05) is 0 Å². The predicted octanol–water partition coefficient (Wildman–Crippen LogP) is 7.05. The van der Waals surface area contributed by atoms with Gasteiger partial charge in [-0.2, -0.15) is 8.78 Å². The maximum atomic E-state index is 14.1. The minimum Gasteiger partial charge on any atom is -0.494 e. The van der Waals surface area contributed by atoms with E-state index < -0.39 is 11.6 Å². The molecule has 1 saturated carbocycles. The van der Waals surface area contributed by atoms with E-state index in [1.54, 1.807) is 6.92 Å². The Hall–Kier alpha value is -1.78. The minimum atomic E-state index is -1.02. The first kappa shape index (κ1) is 22.9. The molecule has 1 unspecified atom stereocenters. The highest BCUT2D eigenvalue weighted by molar-refractivity contribution is 5.35. The number of unbranched alkanes of at least 4 members (excludes halogenated alkanes) is 2. The van der Waals surface area contributed by atoms with Crippen molar-refractivity contribution in [1.29, 1.82) is 0 Å². The molecule has 0 saturated heterocycles. The third kappa shape index (κ3) is 6.12. The van der Waals surface area contributed by atoms with Crippen molar-refractivity contribution in [3.05, 3.63) is 35.6 Å². The van der Waals surface area contributed by atoms with Gasteiger partial charge in [-0.15, -0.1) is 0 Å². The maximum Gasteiger partial charge on any atom is 0.204 e. The summed E-state index contributed by atoms with van der Waals surface area (Å²) in [5.41, 5.74) is 0. The molecule has 5 heteroatoms. The van der Waals surface area contributed by atoms with Gasteiger partial charge in [-0.1, -0.05) is 45.4 Å². The first-order chi connectivity index (χ1) is 14.6. The van der Waals surface area contributed by atoms with Crippen LogP contribution in [0.4, 0.5) is 8.78 Å². The van der Waals surface area contributed by atoms with Gasteiger partial charge in [-0.25, -0.2) is 0 Å². The van der Waals surface area contributed by atoms with E-state index in [0.717, 1.165) is 18.3 Å². The quantitative estimate of drug-likeness (QED) is 0.378. The fourth-order valence-corrected chi connectivity index (χ4v) is 4.73. The van der Waals surface area contributed by atoms with Crippen LogP contribution in [0.3, 0.4) is 0 Å². The van der Waals surface area contributed by atoms with Crippen LogP contribution in [0, 0.1) is 29.4 Å². The zero-order valence-electron chi connectivity index (χ0n) is 18.4. The van der Waals surface area contributed by atoms with Crippen LogP contribution in [0.25, 0.3) is 0 Å². The third-order valence-electron chi connectivity index (χ3n) is 6.59. The number of ether oxygens (including phenoxy) is 3. The van der Waals surface area contributed by atoms with Gasteiger partial charge in [0.25, 0.3) is 0 Å². The van der Waals surface area contributed by atoms with Gasteiger partial charge in [0.1, 0.15) is 12.4 Å². The maximum absolute atomic E-state index is 14.1. The number of rotatable bonds is 10. The highest BCUT2D eigenvalue weighted by Crippen LogP contribution is 2.38. The first-order valence-electron chi connectivity index (χ1n) is 11.7. The van der Waals surface area contributed by atoms with Crippen molar-refractivity contribution in [3.63, 3.8) is 0 Å². The second-order valence-corrected chi connectivity index (χ2v) is 8.67. The molecule has 0 aromatic heterocycles. The zero-order valence-corrected chi connectivity index (χ0v) is 18.4. The van der Waals surface area contributed by atoms with Gasteiger partial charge in [0.2, 0.25) is 11.6 Å². The molecule has 3 rings (SSSR count). The van der Waals surface area contributed by atoms with E-state index in [4.69, 9.17) is 14.2 Å². The van der Waals surface area contributed by atoms with E-state index in [9.17, 15) is 8.78 Å². The normalized spacial score (nSPS) is 24.1. The molecule has 168 valence electrons. The second kappa shape index (κ2) is 11.6. The summed E-state index contributed by atoms with van der Waals surface area (Å²) in [5.74, 6) is 0.662. The second-order valence-electron chi connectivity index (χ2n) is 8.67. The molecular formula is C25H36F2O3.